The summed E-state index contributed by atoms with van der Waals surface area (Å²) in [5, 5.41) is 0. The number of ether oxygens (including phenoxy) is 2. The van der Waals surface area contributed by atoms with Crippen molar-refractivity contribution in [2.24, 2.45) is 0 Å². The third kappa shape index (κ3) is 3.06. The Morgan fingerprint density at radius 3 is 2.59 bits per heavy atom. The van der Waals surface area contributed by atoms with Gasteiger partial charge in [-0.05, 0) is 40.2 Å². The molecule has 114 valence electrons. The molecule has 0 saturated heterocycles. The normalized spacial score (nSPS) is 16.0. The SMILES string of the molecule is O=C(NNC(=O)[C@@H]1COc2ccccc2O1)c1ccc(Br)o1. The second-order valence-corrected chi connectivity index (χ2v) is 5.19. The molecule has 2 heterocycles. The number of fused-ring (bicyclic) bond motifs is 1. The number of rotatable bonds is 2. The van der Waals surface area contributed by atoms with E-state index in [1.165, 1.54) is 6.07 Å². The van der Waals surface area contributed by atoms with E-state index < -0.39 is 17.9 Å². The summed E-state index contributed by atoms with van der Waals surface area (Å²) in [6.45, 7) is 0.0605. The molecule has 8 heteroatoms. The van der Waals surface area contributed by atoms with Crippen LogP contribution in [-0.4, -0.2) is 24.5 Å². The van der Waals surface area contributed by atoms with Gasteiger partial charge in [-0.15, -0.1) is 0 Å². The summed E-state index contributed by atoms with van der Waals surface area (Å²) < 4.78 is 16.4. The summed E-state index contributed by atoms with van der Waals surface area (Å²) in [7, 11) is 0. The van der Waals surface area contributed by atoms with Crippen LogP contribution >= 0.6 is 15.9 Å². The highest BCUT2D eigenvalue weighted by Crippen LogP contribution is 2.30. The lowest BCUT2D eigenvalue weighted by Crippen LogP contribution is -2.50. The van der Waals surface area contributed by atoms with Crippen molar-refractivity contribution in [3.05, 3.63) is 46.8 Å². The van der Waals surface area contributed by atoms with Crippen molar-refractivity contribution in [1.29, 1.82) is 0 Å². The van der Waals surface area contributed by atoms with Gasteiger partial charge in [0.1, 0.15) is 6.61 Å². The predicted molar refractivity (Wildman–Crippen MR) is 78.4 cm³/mol. The third-order valence-corrected chi connectivity index (χ3v) is 3.32. The average molecular weight is 367 g/mol. The van der Waals surface area contributed by atoms with Crippen LogP contribution in [0, 0.1) is 0 Å². The Labute approximate surface area is 133 Å². The summed E-state index contributed by atoms with van der Waals surface area (Å²) >= 11 is 3.09. The van der Waals surface area contributed by atoms with Gasteiger partial charge in [-0.1, -0.05) is 12.1 Å². The Kier molecular flexibility index (Phi) is 4.01. The van der Waals surface area contributed by atoms with Gasteiger partial charge in [-0.25, -0.2) is 0 Å². The van der Waals surface area contributed by atoms with E-state index in [1.54, 1.807) is 24.3 Å². The number of benzene rings is 1. The maximum absolute atomic E-state index is 12.0. The fourth-order valence-electron chi connectivity index (χ4n) is 1.85. The van der Waals surface area contributed by atoms with Gasteiger partial charge < -0.3 is 13.9 Å². The highest BCUT2D eigenvalue weighted by Gasteiger charge is 2.27. The summed E-state index contributed by atoms with van der Waals surface area (Å²) in [4.78, 5) is 23.7. The Hall–Kier alpha value is -2.48. The second kappa shape index (κ2) is 6.10. The van der Waals surface area contributed by atoms with Crippen molar-refractivity contribution in [3.63, 3.8) is 0 Å². The molecule has 0 spiro atoms. The van der Waals surface area contributed by atoms with Crippen LogP contribution in [-0.2, 0) is 4.79 Å². The first-order valence-corrected chi connectivity index (χ1v) is 7.17. The summed E-state index contributed by atoms with van der Waals surface area (Å²) in [5.41, 5.74) is 4.52. The van der Waals surface area contributed by atoms with Crippen LogP contribution < -0.4 is 20.3 Å². The van der Waals surface area contributed by atoms with Gasteiger partial charge in [0.25, 0.3) is 5.91 Å². The number of furan rings is 1. The molecule has 0 radical (unpaired) electrons. The quantitative estimate of drug-likeness (QED) is 0.788. The van der Waals surface area contributed by atoms with E-state index >= 15 is 0 Å². The molecular weight excluding hydrogens is 356 g/mol. The standard InChI is InChI=1S/C14H11BrN2O5/c15-12-6-5-10(22-12)13(18)16-17-14(19)11-7-20-8-3-1-2-4-9(8)21-11/h1-6,11H,7H2,(H,16,18)(H,17,19)/t11-/m0/s1. The molecule has 0 unspecified atom stereocenters. The van der Waals surface area contributed by atoms with Crippen molar-refractivity contribution in [3.8, 4) is 11.5 Å². The zero-order chi connectivity index (χ0) is 15.5. The van der Waals surface area contributed by atoms with Crippen molar-refractivity contribution in [2.75, 3.05) is 6.61 Å². The van der Waals surface area contributed by atoms with Crippen LogP contribution in [0.2, 0.25) is 0 Å². The molecule has 1 atom stereocenters. The van der Waals surface area contributed by atoms with E-state index in [2.05, 4.69) is 26.8 Å². The summed E-state index contributed by atoms with van der Waals surface area (Å²) in [6, 6.07) is 10.1. The molecule has 1 aromatic heterocycles. The molecule has 1 aliphatic rings. The van der Waals surface area contributed by atoms with Gasteiger partial charge >= 0.3 is 5.91 Å². The maximum Gasteiger partial charge on any atom is 0.305 e. The zero-order valence-corrected chi connectivity index (χ0v) is 12.8. The minimum atomic E-state index is -0.849. The number of hydrogen-bond donors (Lipinski definition) is 2. The first-order chi connectivity index (χ1) is 10.6. The predicted octanol–water partition coefficient (Wildman–Crippen LogP) is 1.64. The number of carbonyl (C=O) groups excluding carboxylic acids is 2. The van der Waals surface area contributed by atoms with E-state index in [0.29, 0.717) is 16.2 Å². The molecule has 1 aliphatic heterocycles. The average Bonchev–Trinajstić information content (AvgIpc) is 2.98. The smallest absolute Gasteiger partial charge is 0.305 e. The number of hydrazine groups is 1. The molecule has 22 heavy (non-hydrogen) atoms. The summed E-state index contributed by atoms with van der Waals surface area (Å²) in [6.07, 6.45) is -0.849. The van der Waals surface area contributed by atoms with Gasteiger partial charge in [0.05, 0.1) is 0 Å². The van der Waals surface area contributed by atoms with E-state index in [-0.39, 0.29) is 12.4 Å². The first kappa shape index (κ1) is 14.5. The fraction of sp³-hybridized carbons (Fsp3) is 0.143. The minimum Gasteiger partial charge on any atom is -0.485 e. The molecule has 0 aliphatic carbocycles. The Balaban J connectivity index is 1.56. The fourth-order valence-corrected chi connectivity index (χ4v) is 2.15. The lowest BCUT2D eigenvalue weighted by atomic mass is 10.2. The second-order valence-electron chi connectivity index (χ2n) is 4.41. The minimum absolute atomic E-state index is 0.0605. The maximum atomic E-state index is 12.0. The Bertz CT molecular complexity index is 715. The third-order valence-electron chi connectivity index (χ3n) is 2.90. The number of para-hydroxylation sites is 2. The monoisotopic (exact) mass is 366 g/mol. The van der Waals surface area contributed by atoms with Gasteiger partial charge in [0.2, 0.25) is 6.10 Å². The molecule has 0 bridgehead atoms. The van der Waals surface area contributed by atoms with Gasteiger partial charge in [-0.2, -0.15) is 0 Å². The first-order valence-electron chi connectivity index (χ1n) is 6.37. The molecular formula is C14H11BrN2O5. The molecule has 2 N–H and O–H groups in total. The van der Waals surface area contributed by atoms with E-state index in [9.17, 15) is 9.59 Å². The molecule has 7 nitrogen and oxygen atoms in total. The van der Waals surface area contributed by atoms with Crippen molar-refractivity contribution in [1.82, 2.24) is 10.9 Å². The van der Waals surface area contributed by atoms with Crippen LogP contribution in [0.25, 0.3) is 0 Å². The van der Waals surface area contributed by atoms with Crippen molar-refractivity contribution in [2.45, 2.75) is 6.10 Å². The Morgan fingerprint density at radius 1 is 1.09 bits per heavy atom. The van der Waals surface area contributed by atoms with E-state index in [0.717, 1.165) is 0 Å². The van der Waals surface area contributed by atoms with Crippen LogP contribution in [0.5, 0.6) is 11.5 Å². The molecule has 0 saturated carbocycles. The van der Waals surface area contributed by atoms with Crippen molar-refractivity contribution >= 4 is 27.7 Å². The van der Waals surface area contributed by atoms with Gasteiger partial charge in [-0.3, -0.25) is 20.4 Å². The van der Waals surface area contributed by atoms with Crippen LogP contribution in [0.1, 0.15) is 10.6 Å². The van der Waals surface area contributed by atoms with Crippen molar-refractivity contribution < 1.29 is 23.5 Å². The Morgan fingerprint density at radius 2 is 1.86 bits per heavy atom. The highest BCUT2D eigenvalue weighted by atomic mass is 79.9. The van der Waals surface area contributed by atoms with Gasteiger partial charge in [0, 0.05) is 0 Å². The molecule has 2 amide bonds. The topological polar surface area (TPSA) is 89.8 Å². The number of nitrogens with one attached hydrogen (secondary N) is 2. The number of halogens is 1. The number of carbonyl (C=O) groups is 2. The van der Waals surface area contributed by atoms with Crippen LogP contribution in [0.15, 0.2) is 45.5 Å². The van der Waals surface area contributed by atoms with Crippen LogP contribution in [0.3, 0.4) is 0 Å². The largest absolute Gasteiger partial charge is 0.485 e. The highest BCUT2D eigenvalue weighted by molar-refractivity contribution is 9.10. The zero-order valence-electron chi connectivity index (χ0n) is 11.2. The number of hydrogen-bond acceptors (Lipinski definition) is 5. The molecule has 2 aromatic rings. The van der Waals surface area contributed by atoms with E-state index in [4.69, 9.17) is 13.9 Å². The lowest BCUT2D eigenvalue weighted by molar-refractivity contribution is -0.131. The van der Waals surface area contributed by atoms with E-state index in [1.807, 2.05) is 6.07 Å². The van der Waals surface area contributed by atoms with Gasteiger partial charge in [0.15, 0.2) is 21.9 Å². The van der Waals surface area contributed by atoms with Crippen LogP contribution in [0.4, 0.5) is 0 Å². The lowest BCUT2D eigenvalue weighted by Gasteiger charge is -2.25. The molecule has 0 fully saturated rings. The summed E-state index contributed by atoms with van der Waals surface area (Å²) in [5.74, 6) is 0.0363. The number of amides is 2. The molecule has 1 aromatic carbocycles. The molecule has 3 rings (SSSR count).